The zero-order valence-corrected chi connectivity index (χ0v) is 16.8. The van der Waals surface area contributed by atoms with Gasteiger partial charge in [-0.25, -0.2) is 9.97 Å². The number of hydrogen-bond acceptors (Lipinski definition) is 7. The summed E-state index contributed by atoms with van der Waals surface area (Å²) in [6.07, 6.45) is 7.07. The highest BCUT2D eigenvalue weighted by atomic mass is 16.4. The van der Waals surface area contributed by atoms with Crippen LogP contribution in [0.1, 0.15) is 42.6 Å². The second kappa shape index (κ2) is 7.91. The van der Waals surface area contributed by atoms with Gasteiger partial charge in [-0.05, 0) is 62.0 Å². The maximum atomic E-state index is 9.22. The molecule has 154 valence electrons. The minimum atomic E-state index is 0.227. The summed E-state index contributed by atoms with van der Waals surface area (Å²) in [6, 6.07) is 10.2. The lowest BCUT2D eigenvalue weighted by molar-refractivity contribution is 0.206. The summed E-state index contributed by atoms with van der Waals surface area (Å²) >= 11 is 0. The van der Waals surface area contributed by atoms with Crippen LogP contribution in [0.2, 0.25) is 0 Å². The monoisotopic (exact) mass is 403 g/mol. The van der Waals surface area contributed by atoms with E-state index in [9.17, 15) is 5.21 Å². The van der Waals surface area contributed by atoms with Gasteiger partial charge in [0.15, 0.2) is 5.76 Å². The first-order chi connectivity index (χ1) is 14.7. The van der Waals surface area contributed by atoms with Gasteiger partial charge in [0.1, 0.15) is 11.5 Å². The lowest BCUT2D eigenvalue weighted by atomic mass is 9.99. The van der Waals surface area contributed by atoms with E-state index in [1.54, 1.807) is 6.20 Å². The molecular formula is C23H25N5O2. The van der Waals surface area contributed by atoms with E-state index in [4.69, 9.17) is 10.2 Å². The zero-order chi connectivity index (χ0) is 20.5. The van der Waals surface area contributed by atoms with Crippen LogP contribution in [0.15, 0.2) is 46.1 Å². The molecule has 1 aliphatic carbocycles. The second-order valence-electron chi connectivity index (χ2n) is 8.01. The number of furan rings is 1. The van der Waals surface area contributed by atoms with Crippen LogP contribution < -0.4 is 5.73 Å². The number of hydrogen-bond donors (Lipinski definition) is 2. The van der Waals surface area contributed by atoms with E-state index in [0.717, 1.165) is 60.6 Å². The number of rotatable bonds is 4. The Kier molecular flexibility index (Phi) is 4.96. The van der Waals surface area contributed by atoms with Gasteiger partial charge in [0.25, 0.3) is 0 Å². The Morgan fingerprint density at radius 2 is 1.93 bits per heavy atom. The number of nitrogens with zero attached hydrogens (tertiary/aromatic N) is 4. The predicted molar refractivity (Wildman–Crippen MR) is 115 cm³/mol. The van der Waals surface area contributed by atoms with Crippen LogP contribution in [-0.4, -0.2) is 38.9 Å². The Bertz CT molecular complexity index is 1100. The van der Waals surface area contributed by atoms with Gasteiger partial charge >= 0.3 is 0 Å². The fraction of sp³-hybridized carbons (Fsp3) is 0.348. The first kappa shape index (κ1) is 18.8. The minimum absolute atomic E-state index is 0.227. The van der Waals surface area contributed by atoms with Crippen molar-refractivity contribution in [3.8, 4) is 22.6 Å². The van der Waals surface area contributed by atoms with Crippen molar-refractivity contribution >= 4 is 11.7 Å². The smallest absolute Gasteiger partial charge is 0.220 e. The summed E-state index contributed by atoms with van der Waals surface area (Å²) in [7, 11) is 0. The van der Waals surface area contributed by atoms with Gasteiger partial charge < -0.3 is 15.4 Å². The molecule has 0 bridgehead atoms. The first-order valence-electron chi connectivity index (χ1n) is 10.5. The maximum Gasteiger partial charge on any atom is 0.220 e. The molecule has 0 radical (unpaired) electrons. The molecule has 2 aliphatic rings. The number of oxime groups is 1. The zero-order valence-electron chi connectivity index (χ0n) is 16.8. The van der Waals surface area contributed by atoms with Crippen molar-refractivity contribution < 1.29 is 9.62 Å². The molecule has 7 heteroatoms. The maximum absolute atomic E-state index is 9.22. The molecule has 1 aromatic carbocycles. The molecule has 2 aromatic heterocycles. The number of fused-ring (bicyclic) bond motifs is 1. The summed E-state index contributed by atoms with van der Waals surface area (Å²) in [5.74, 6) is 1.87. The van der Waals surface area contributed by atoms with Crippen molar-refractivity contribution in [1.82, 2.24) is 14.9 Å². The molecular weight excluding hydrogens is 378 g/mol. The van der Waals surface area contributed by atoms with Gasteiger partial charge in [-0.15, -0.1) is 0 Å². The molecule has 0 spiro atoms. The molecule has 5 rings (SSSR count). The summed E-state index contributed by atoms with van der Waals surface area (Å²) < 4.78 is 6.32. The molecule has 0 atom stereocenters. The number of likely N-dealkylation sites (tertiary alicyclic amines) is 1. The van der Waals surface area contributed by atoms with Gasteiger partial charge in [-0.1, -0.05) is 29.8 Å². The molecule has 1 aliphatic heterocycles. The third-order valence-corrected chi connectivity index (χ3v) is 6.00. The Balaban J connectivity index is 1.56. The van der Waals surface area contributed by atoms with E-state index >= 15 is 0 Å². The van der Waals surface area contributed by atoms with Crippen molar-refractivity contribution in [3.63, 3.8) is 0 Å². The normalized spacial score (nSPS) is 18.1. The van der Waals surface area contributed by atoms with Crippen LogP contribution in [0, 0.1) is 0 Å². The number of nitrogen functional groups attached to an aromatic ring is 1. The molecule has 0 saturated carbocycles. The molecule has 3 heterocycles. The molecule has 7 nitrogen and oxygen atoms in total. The summed E-state index contributed by atoms with van der Waals surface area (Å²) in [5.41, 5.74) is 11.5. The average molecular weight is 403 g/mol. The quantitative estimate of drug-likeness (QED) is 0.502. The molecule has 1 fully saturated rings. The first-order valence-corrected chi connectivity index (χ1v) is 10.5. The van der Waals surface area contributed by atoms with Crippen LogP contribution in [0.3, 0.4) is 0 Å². The van der Waals surface area contributed by atoms with Gasteiger partial charge in [0.2, 0.25) is 5.95 Å². The van der Waals surface area contributed by atoms with Crippen LogP contribution >= 0.6 is 0 Å². The Hall–Kier alpha value is -3.19. The molecule has 1 saturated heterocycles. The third kappa shape index (κ3) is 3.57. The van der Waals surface area contributed by atoms with Gasteiger partial charge in [0.05, 0.1) is 12.3 Å². The van der Waals surface area contributed by atoms with Gasteiger partial charge in [-0.2, -0.15) is 0 Å². The van der Waals surface area contributed by atoms with Crippen LogP contribution in [0.4, 0.5) is 5.95 Å². The Labute approximate surface area is 175 Å². The molecule has 3 aromatic rings. The van der Waals surface area contributed by atoms with Gasteiger partial charge in [-0.3, -0.25) is 4.90 Å². The third-order valence-electron chi connectivity index (χ3n) is 6.00. The Morgan fingerprint density at radius 3 is 2.73 bits per heavy atom. The summed E-state index contributed by atoms with van der Waals surface area (Å²) in [6.45, 7) is 3.00. The van der Waals surface area contributed by atoms with Crippen LogP contribution in [0.25, 0.3) is 22.6 Å². The molecule has 3 N–H and O–H groups in total. The topological polar surface area (TPSA) is 101 Å². The number of anilines is 1. The van der Waals surface area contributed by atoms with Crippen molar-refractivity contribution in [2.45, 2.75) is 38.6 Å². The SMILES string of the molecule is Nc1nccc(-c2oc(CN3CCCCC3)cc2-c2ccc3c(c2)CCC3=NO)n1. The summed E-state index contributed by atoms with van der Waals surface area (Å²) in [4.78, 5) is 10.8. The van der Waals surface area contributed by atoms with E-state index in [2.05, 4.69) is 38.2 Å². The standard InChI is InChI=1S/C23H25N5O2/c24-23-25-9-8-21(26-23)22-19(13-17(30-22)14-28-10-2-1-3-11-28)16-4-6-18-15(12-16)5-7-20(18)27-29/h4,6,8-9,12-13,29H,1-3,5,7,10-11,14H2,(H2,24,25,26). The second-order valence-corrected chi connectivity index (χ2v) is 8.01. The number of aryl methyl sites for hydroxylation is 1. The fourth-order valence-corrected chi connectivity index (χ4v) is 4.50. The lowest BCUT2D eigenvalue weighted by Crippen LogP contribution is -2.28. The van der Waals surface area contributed by atoms with Crippen molar-refractivity contribution in [1.29, 1.82) is 0 Å². The average Bonchev–Trinajstić information content (AvgIpc) is 3.38. The highest BCUT2D eigenvalue weighted by molar-refractivity contribution is 6.04. The molecule has 0 unspecified atom stereocenters. The van der Waals surface area contributed by atoms with Crippen LogP contribution in [-0.2, 0) is 13.0 Å². The number of aromatic nitrogens is 2. The van der Waals surface area contributed by atoms with E-state index in [1.807, 2.05) is 12.1 Å². The van der Waals surface area contributed by atoms with Crippen molar-refractivity contribution in [3.05, 3.63) is 53.4 Å². The predicted octanol–water partition coefficient (Wildman–Crippen LogP) is 4.10. The van der Waals surface area contributed by atoms with Gasteiger partial charge in [0, 0.05) is 17.3 Å². The number of piperidine rings is 1. The van der Waals surface area contributed by atoms with E-state index in [1.165, 1.54) is 24.8 Å². The molecule has 30 heavy (non-hydrogen) atoms. The largest absolute Gasteiger partial charge is 0.457 e. The highest BCUT2D eigenvalue weighted by Gasteiger charge is 2.22. The molecule has 0 amide bonds. The van der Waals surface area contributed by atoms with Crippen molar-refractivity contribution in [2.24, 2.45) is 5.16 Å². The van der Waals surface area contributed by atoms with Crippen LogP contribution in [0.5, 0.6) is 0 Å². The minimum Gasteiger partial charge on any atom is -0.457 e. The fourth-order valence-electron chi connectivity index (χ4n) is 4.50. The number of benzene rings is 1. The Morgan fingerprint density at radius 1 is 1.07 bits per heavy atom. The van der Waals surface area contributed by atoms with Crippen molar-refractivity contribution in [2.75, 3.05) is 18.8 Å². The lowest BCUT2D eigenvalue weighted by Gasteiger charge is -2.25. The van der Waals surface area contributed by atoms with E-state index < -0.39 is 0 Å². The number of nitrogens with two attached hydrogens (primary N) is 1. The summed E-state index contributed by atoms with van der Waals surface area (Å²) in [5, 5.41) is 12.7. The van der Waals surface area contributed by atoms with E-state index in [0.29, 0.717) is 11.5 Å². The van der Waals surface area contributed by atoms with E-state index in [-0.39, 0.29) is 5.95 Å². The highest BCUT2D eigenvalue weighted by Crippen LogP contribution is 2.37.